The Hall–Kier alpha value is -2.52. The molecular weight excluding hydrogens is 514 g/mol. The number of amides is 1. The number of rotatable bonds is 7. The average molecular weight is 542 g/mol. The Bertz CT molecular complexity index is 1160. The van der Waals surface area contributed by atoms with Gasteiger partial charge in [-0.1, -0.05) is 76.6 Å². The molecule has 178 valence electrons. The molecule has 0 aliphatic carbocycles. The van der Waals surface area contributed by atoms with E-state index >= 15 is 0 Å². The topological polar surface area (TPSA) is 60.9 Å². The molecule has 1 saturated heterocycles. The molecule has 1 aliphatic rings. The first-order valence-corrected chi connectivity index (χ1v) is 13.4. The van der Waals surface area contributed by atoms with Crippen molar-refractivity contribution in [1.29, 1.82) is 0 Å². The highest BCUT2D eigenvalue weighted by Gasteiger charge is 2.30. The number of piperazine rings is 1. The maximum absolute atomic E-state index is 13.0. The van der Waals surface area contributed by atoms with Crippen molar-refractivity contribution in [2.24, 2.45) is 0 Å². The first kappa shape index (κ1) is 24.6. The predicted molar refractivity (Wildman–Crippen MR) is 137 cm³/mol. The van der Waals surface area contributed by atoms with Crippen LogP contribution in [-0.2, 0) is 14.8 Å². The van der Waals surface area contributed by atoms with Gasteiger partial charge in [-0.3, -0.25) is 9.69 Å². The summed E-state index contributed by atoms with van der Waals surface area (Å²) in [6, 6.07) is 27.3. The van der Waals surface area contributed by atoms with Crippen molar-refractivity contribution in [3.8, 4) is 0 Å². The third-order valence-electron chi connectivity index (χ3n) is 6.14. The van der Waals surface area contributed by atoms with Crippen molar-refractivity contribution in [2.45, 2.75) is 10.9 Å². The minimum Gasteiger partial charge on any atom is -0.339 e. The van der Waals surface area contributed by atoms with Gasteiger partial charge in [-0.05, 0) is 35.4 Å². The molecule has 0 saturated carbocycles. The monoisotopic (exact) mass is 541 g/mol. The summed E-state index contributed by atoms with van der Waals surface area (Å²) in [6.45, 7) is 2.36. The third-order valence-corrected chi connectivity index (χ3v) is 8.49. The van der Waals surface area contributed by atoms with Crippen molar-refractivity contribution in [3.05, 3.63) is 101 Å². The largest absolute Gasteiger partial charge is 0.339 e. The van der Waals surface area contributed by atoms with Crippen LogP contribution in [0.25, 0.3) is 0 Å². The van der Waals surface area contributed by atoms with Crippen LogP contribution in [0.15, 0.2) is 94.3 Å². The normalized spacial score (nSPS) is 15.1. The van der Waals surface area contributed by atoms with Gasteiger partial charge >= 0.3 is 0 Å². The fourth-order valence-corrected chi connectivity index (χ4v) is 5.66. The molecule has 0 aromatic heterocycles. The van der Waals surface area contributed by atoms with Gasteiger partial charge in [-0.2, -0.15) is 4.31 Å². The summed E-state index contributed by atoms with van der Waals surface area (Å²) >= 11 is 3.31. The van der Waals surface area contributed by atoms with Gasteiger partial charge in [-0.15, -0.1) is 0 Å². The predicted octanol–water partition coefficient (Wildman–Crippen LogP) is 4.00. The standard InChI is InChI=1S/C26H28BrN3O3S/c1-28(34(32,33)24-14-12-23(27)13-15-24)20-25(31)29-16-18-30(19-17-29)26(21-8-4-2-5-9-21)22-10-6-3-7-11-22/h2-15,26H,16-20H2,1H3. The zero-order chi connectivity index (χ0) is 24.1. The molecule has 1 aliphatic heterocycles. The highest BCUT2D eigenvalue weighted by Crippen LogP contribution is 2.29. The van der Waals surface area contributed by atoms with Crippen LogP contribution in [0.4, 0.5) is 0 Å². The summed E-state index contributed by atoms with van der Waals surface area (Å²) in [7, 11) is -2.28. The van der Waals surface area contributed by atoms with E-state index < -0.39 is 10.0 Å². The molecule has 1 heterocycles. The molecule has 3 aromatic rings. The number of carbonyl (C=O) groups is 1. The summed E-state index contributed by atoms with van der Waals surface area (Å²) in [4.78, 5) is 17.3. The van der Waals surface area contributed by atoms with E-state index in [1.165, 1.54) is 30.3 Å². The summed E-state index contributed by atoms with van der Waals surface area (Å²) in [5.41, 5.74) is 2.43. The number of carbonyl (C=O) groups excluding carboxylic acids is 1. The Kier molecular flexibility index (Phi) is 7.83. The van der Waals surface area contributed by atoms with Crippen LogP contribution < -0.4 is 0 Å². The Morgan fingerprint density at radius 2 is 1.35 bits per heavy atom. The molecule has 0 spiro atoms. The first-order chi connectivity index (χ1) is 16.4. The molecule has 1 fully saturated rings. The molecule has 0 unspecified atom stereocenters. The van der Waals surface area contributed by atoms with Gasteiger partial charge in [0.05, 0.1) is 17.5 Å². The lowest BCUT2D eigenvalue weighted by Crippen LogP contribution is -2.52. The van der Waals surface area contributed by atoms with Gasteiger partial charge in [-0.25, -0.2) is 8.42 Å². The van der Waals surface area contributed by atoms with Crippen molar-refractivity contribution in [1.82, 2.24) is 14.1 Å². The zero-order valence-electron chi connectivity index (χ0n) is 19.0. The number of likely N-dealkylation sites (N-methyl/N-ethyl adjacent to an activating group) is 1. The van der Waals surface area contributed by atoms with Gasteiger partial charge in [0.2, 0.25) is 15.9 Å². The summed E-state index contributed by atoms with van der Waals surface area (Å²) in [5.74, 6) is -0.182. The van der Waals surface area contributed by atoms with Crippen LogP contribution in [0.5, 0.6) is 0 Å². The Morgan fingerprint density at radius 1 is 0.853 bits per heavy atom. The van der Waals surface area contributed by atoms with Gasteiger partial charge in [0, 0.05) is 37.7 Å². The molecule has 0 N–H and O–H groups in total. The second-order valence-corrected chi connectivity index (χ2v) is 11.3. The lowest BCUT2D eigenvalue weighted by atomic mass is 9.96. The number of hydrogen-bond acceptors (Lipinski definition) is 4. The van der Waals surface area contributed by atoms with E-state index in [-0.39, 0.29) is 23.4 Å². The van der Waals surface area contributed by atoms with E-state index in [2.05, 4.69) is 45.1 Å². The fourth-order valence-electron chi connectivity index (χ4n) is 4.28. The Morgan fingerprint density at radius 3 is 1.85 bits per heavy atom. The van der Waals surface area contributed by atoms with Crippen LogP contribution in [0.1, 0.15) is 17.2 Å². The second kappa shape index (κ2) is 10.8. The van der Waals surface area contributed by atoms with Crippen LogP contribution >= 0.6 is 15.9 Å². The van der Waals surface area contributed by atoms with E-state index in [0.717, 1.165) is 8.78 Å². The maximum Gasteiger partial charge on any atom is 0.243 e. The molecule has 34 heavy (non-hydrogen) atoms. The smallest absolute Gasteiger partial charge is 0.243 e. The zero-order valence-corrected chi connectivity index (χ0v) is 21.5. The number of sulfonamides is 1. The van der Waals surface area contributed by atoms with E-state index in [1.807, 2.05) is 36.4 Å². The number of benzene rings is 3. The highest BCUT2D eigenvalue weighted by atomic mass is 79.9. The van der Waals surface area contributed by atoms with Crippen molar-refractivity contribution >= 4 is 31.9 Å². The molecule has 1 amide bonds. The molecule has 0 atom stereocenters. The van der Waals surface area contributed by atoms with Crippen LogP contribution in [0.3, 0.4) is 0 Å². The van der Waals surface area contributed by atoms with Crippen molar-refractivity contribution < 1.29 is 13.2 Å². The lowest BCUT2D eigenvalue weighted by molar-refractivity contribution is -0.133. The molecule has 4 rings (SSSR count). The molecule has 3 aromatic carbocycles. The molecular formula is C26H28BrN3O3S. The molecule has 0 radical (unpaired) electrons. The minimum atomic E-state index is -3.73. The Labute approximate surface area is 210 Å². The maximum atomic E-state index is 13.0. The van der Waals surface area contributed by atoms with Crippen LogP contribution in [-0.4, -0.2) is 68.2 Å². The van der Waals surface area contributed by atoms with Gasteiger partial charge < -0.3 is 4.90 Å². The molecule has 6 nitrogen and oxygen atoms in total. The minimum absolute atomic E-state index is 0.111. The van der Waals surface area contributed by atoms with E-state index in [4.69, 9.17) is 0 Å². The third kappa shape index (κ3) is 5.58. The number of nitrogens with zero attached hydrogens (tertiary/aromatic N) is 3. The van der Waals surface area contributed by atoms with Crippen molar-refractivity contribution in [3.63, 3.8) is 0 Å². The van der Waals surface area contributed by atoms with E-state index in [9.17, 15) is 13.2 Å². The van der Waals surface area contributed by atoms with Crippen molar-refractivity contribution in [2.75, 3.05) is 39.8 Å². The molecule has 0 bridgehead atoms. The quantitative estimate of drug-likeness (QED) is 0.453. The second-order valence-electron chi connectivity index (χ2n) is 8.36. The molecule has 8 heteroatoms. The van der Waals surface area contributed by atoms with E-state index in [1.54, 1.807) is 17.0 Å². The van der Waals surface area contributed by atoms with Gasteiger partial charge in [0.15, 0.2) is 0 Å². The average Bonchev–Trinajstić information content (AvgIpc) is 2.86. The van der Waals surface area contributed by atoms with E-state index in [0.29, 0.717) is 26.2 Å². The highest BCUT2D eigenvalue weighted by molar-refractivity contribution is 9.10. The first-order valence-electron chi connectivity index (χ1n) is 11.2. The number of hydrogen-bond donors (Lipinski definition) is 0. The Balaban J connectivity index is 1.41. The fraction of sp³-hybridized carbons (Fsp3) is 0.269. The van der Waals surface area contributed by atoms with Gasteiger partial charge in [0.1, 0.15) is 0 Å². The number of halogens is 1. The van der Waals surface area contributed by atoms with Crippen LogP contribution in [0.2, 0.25) is 0 Å². The summed E-state index contributed by atoms with van der Waals surface area (Å²) in [5, 5.41) is 0. The lowest BCUT2D eigenvalue weighted by Gasteiger charge is -2.40. The van der Waals surface area contributed by atoms with Gasteiger partial charge in [0.25, 0.3) is 0 Å². The summed E-state index contributed by atoms with van der Waals surface area (Å²) in [6.07, 6.45) is 0. The summed E-state index contributed by atoms with van der Waals surface area (Å²) < 4.78 is 27.6. The SMILES string of the molecule is CN(CC(=O)N1CCN(C(c2ccccc2)c2ccccc2)CC1)S(=O)(=O)c1ccc(Br)cc1. The van der Waals surface area contributed by atoms with Crippen LogP contribution in [0, 0.1) is 0 Å².